The van der Waals surface area contributed by atoms with Crippen molar-refractivity contribution in [1.82, 2.24) is 14.5 Å². The highest BCUT2D eigenvalue weighted by Crippen LogP contribution is 2.52. The number of aromatic nitrogens is 2. The van der Waals surface area contributed by atoms with Crippen molar-refractivity contribution >= 4 is 17.5 Å². The lowest BCUT2D eigenvalue weighted by molar-refractivity contribution is -0.183. The molecule has 3 aliphatic heterocycles. The quantitative estimate of drug-likeness (QED) is 0.485. The lowest BCUT2D eigenvalue weighted by Gasteiger charge is -2.54. The SMILES string of the molecule is CC1(C)Oc2ccc(Cl)cc2[C@H]2O[C@H]3CCCN(C(=O)c4cccc(Cn5ccnc5)c4)[C@H]3C[C@@H]21. The number of amides is 1. The topological polar surface area (TPSA) is 56.6 Å². The van der Waals surface area contributed by atoms with Crippen LogP contribution in [0.1, 0.15) is 60.7 Å². The third-order valence-corrected chi connectivity index (χ3v) is 8.04. The molecular weight excluding hydrogens is 462 g/mol. The third-order valence-electron chi connectivity index (χ3n) is 7.80. The van der Waals surface area contributed by atoms with E-state index >= 15 is 0 Å². The molecule has 0 bridgehead atoms. The average molecular weight is 492 g/mol. The van der Waals surface area contributed by atoms with Crippen molar-refractivity contribution < 1.29 is 14.3 Å². The predicted octanol–water partition coefficient (Wildman–Crippen LogP) is 5.51. The second-order valence-corrected chi connectivity index (χ2v) is 10.9. The van der Waals surface area contributed by atoms with Gasteiger partial charge in [0.2, 0.25) is 0 Å². The first-order chi connectivity index (χ1) is 16.9. The summed E-state index contributed by atoms with van der Waals surface area (Å²) in [5, 5.41) is 0.688. The summed E-state index contributed by atoms with van der Waals surface area (Å²) in [7, 11) is 0. The van der Waals surface area contributed by atoms with Gasteiger partial charge >= 0.3 is 0 Å². The van der Waals surface area contributed by atoms with E-state index in [0.29, 0.717) is 11.6 Å². The van der Waals surface area contributed by atoms with Gasteiger partial charge in [0.05, 0.1) is 24.6 Å². The first-order valence-electron chi connectivity index (χ1n) is 12.4. The van der Waals surface area contributed by atoms with Crippen LogP contribution in [0.2, 0.25) is 5.02 Å². The summed E-state index contributed by atoms with van der Waals surface area (Å²) in [6.45, 7) is 5.69. The Morgan fingerprint density at radius 3 is 2.94 bits per heavy atom. The smallest absolute Gasteiger partial charge is 0.254 e. The van der Waals surface area contributed by atoms with E-state index in [1.54, 1.807) is 12.5 Å². The van der Waals surface area contributed by atoms with E-state index in [4.69, 9.17) is 21.1 Å². The number of likely N-dealkylation sites (tertiary alicyclic amines) is 1. The molecule has 0 radical (unpaired) electrons. The molecule has 3 aromatic rings. The van der Waals surface area contributed by atoms with Crippen molar-refractivity contribution in [3.8, 4) is 5.75 Å². The van der Waals surface area contributed by atoms with Gasteiger partial charge in [-0.2, -0.15) is 0 Å². The molecule has 1 aromatic heterocycles. The van der Waals surface area contributed by atoms with Crippen LogP contribution in [0.5, 0.6) is 5.75 Å². The van der Waals surface area contributed by atoms with Crippen molar-refractivity contribution in [3.05, 3.63) is 82.9 Å². The fourth-order valence-corrected chi connectivity index (χ4v) is 6.25. The highest BCUT2D eigenvalue weighted by molar-refractivity contribution is 6.30. The van der Waals surface area contributed by atoms with E-state index in [1.807, 2.05) is 52.1 Å². The third kappa shape index (κ3) is 4.13. The summed E-state index contributed by atoms with van der Waals surface area (Å²) in [5.41, 5.74) is 2.42. The Hall–Kier alpha value is -2.83. The zero-order chi connectivity index (χ0) is 24.2. The van der Waals surface area contributed by atoms with Gasteiger partial charge in [0.1, 0.15) is 11.4 Å². The molecule has 4 heterocycles. The molecule has 1 amide bonds. The first-order valence-corrected chi connectivity index (χ1v) is 12.8. The number of benzene rings is 2. The van der Waals surface area contributed by atoms with Crippen LogP contribution in [0.3, 0.4) is 0 Å². The molecule has 6 nitrogen and oxygen atoms in total. The van der Waals surface area contributed by atoms with Crippen LogP contribution < -0.4 is 4.74 Å². The van der Waals surface area contributed by atoms with Gasteiger partial charge in [-0.05, 0) is 69.0 Å². The Balaban J connectivity index is 1.27. The van der Waals surface area contributed by atoms with E-state index in [1.165, 1.54) is 0 Å². The summed E-state index contributed by atoms with van der Waals surface area (Å²) in [6.07, 6.45) is 8.14. The van der Waals surface area contributed by atoms with Crippen LogP contribution >= 0.6 is 11.6 Å². The van der Waals surface area contributed by atoms with Gasteiger partial charge in [-0.1, -0.05) is 23.7 Å². The maximum absolute atomic E-state index is 13.8. The zero-order valence-corrected chi connectivity index (χ0v) is 20.8. The number of piperidine rings is 1. The Kier molecular flexibility index (Phi) is 5.61. The van der Waals surface area contributed by atoms with Crippen LogP contribution in [-0.2, 0) is 11.3 Å². The molecule has 2 saturated heterocycles. The van der Waals surface area contributed by atoms with Crippen LogP contribution in [0.25, 0.3) is 0 Å². The number of imidazole rings is 1. The molecule has 0 N–H and O–H groups in total. The van der Waals surface area contributed by atoms with E-state index in [2.05, 4.69) is 24.9 Å². The minimum absolute atomic E-state index is 0.00353. The Bertz CT molecular complexity index is 1240. The number of ether oxygens (including phenoxy) is 2. The molecule has 6 rings (SSSR count). The van der Waals surface area contributed by atoms with Crippen molar-refractivity contribution in [2.24, 2.45) is 5.92 Å². The first kappa shape index (κ1) is 22.6. The number of hydrogen-bond donors (Lipinski definition) is 0. The molecule has 0 saturated carbocycles. The summed E-state index contributed by atoms with van der Waals surface area (Å²) in [5.74, 6) is 1.04. The van der Waals surface area contributed by atoms with Crippen molar-refractivity contribution in [2.75, 3.05) is 6.54 Å². The molecular formula is C28H30ClN3O3. The highest BCUT2D eigenvalue weighted by Gasteiger charge is 2.52. The number of hydrogen-bond acceptors (Lipinski definition) is 4. The van der Waals surface area contributed by atoms with Gasteiger partial charge in [-0.3, -0.25) is 4.79 Å². The molecule has 35 heavy (non-hydrogen) atoms. The molecule has 7 heteroatoms. The molecule has 0 aliphatic carbocycles. The fourth-order valence-electron chi connectivity index (χ4n) is 6.07. The van der Waals surface area contributed by atoms with Gasteiger partial charge in [-0.15, -0.1) is 0 Å². The largest absolute Gasteiger partial charge is 0.487 e. The van der Waals surface area contributed by atoms with Crippen molar-refractivity contribution in [1.29, 1.82) is 0 Å². The highest BCUT2D eigenvalue weighted by atomic mass is 35.5. The summed E-state index contributed by atoms with van der Waals surface area (Å²) < 4.78 is 15.2. The van der Waals surface area contributed by atoms with Crippen LogP contribution in [0.15, 0.2) is 61.2 Å². The number of carbonyl (C=O) groups is 1. The molecule has 4 atom stereocenters. The predicted molar refractivity (Wildman–Crippen MR) is 134 cm³/mol. The number of halogens is 1. The van der Waals surface area contributed by atoms with Gasteiger partial charge < -0.3 is 18.9 Å². The van der Waals surface area contributed by atoms with Crippen molar-refractivity contribution in [3.63, 3.8) is 0 Å². The normalized spacial score (nSPS) is 26.8. The zero-order valence-electron chi connectivity index (χ0n) is 20.1. The average Bonchev–Trinajstić information content (AvgIpc) is 3.36. The number of fused-ring (bicyclic) bond motifs is 4. The van der Waals surface area contributed by atoms with Crippen LogP contribution in [0, 0.1) is 5.92 Å². The van der Waals surface area contributed by atoms with Gasteiger partial charge in [0.15, 0.2) is 0 Å². The second kappa shape index (κ2) is 8.68. The molecule has 0 unspecified atom stereocenters. The summed E-state index contributed by atoms with van der Waals surface area (Å²) in [6, 6.07) is 13.7. The van der Waals surface area contributed by atoms with E-state index < -0.39 is 5.60 Å². The summed E-state index contributed by atoms with van der Waals surface area (Å²) >= 11 is 6.34. The van der Waals surface area contributed by atoms with Gasteiger partial charge in [0, 0.05) is 47.6 Å². The Labute approximate surface area is 210 Å². The van der Waals surface area contributed by atoms with Gasteiger partial charge in [-0.25, -0.2) is 4.98 Å². The number of carbonyl (C=O) groups excluding carboxylic acids is 1. The number of nitrogens with zero attached hydrogens (tertiary/aromatic N) is 3. The molecule has 3 aliphatic rings. The van der Waals surface area contributed by atoms with E-state index in [0.717, 1.165) is 48.2 Å². The maximum atomic E-state index is 13.8. The summed E-state index contributed by atoms with van der Waals surface area (Å²) in [4.78, 5) is 19.9. The van der Waals surface area contributed by atoms with Crippen LogP contribution in [0.4, 0.5) is 0 Å². The minimum atomic E-state index is -0.409. The lowest BCUT2D eigenvalue weighted by atomic mass is 9.72. The molecule has 2 aromatic carbocycles. The van der Waals surface area contributed by atoms with Gasteiger partial charge in [0.25, 0.3) is 5.91 Å². The minimum Gasteiger partial charge on any atom is -0.487 e. The monoisotopic (exact) mass is 491 g/mol. The molecule has 2 fully saturated rings. The standard InChI is InChI=1S/C28H30ClN3O3/c1-28(2)22-15-23-25(34-26(22)21-14-20(29)8-9-24(21)35-28)7-4-11-32(23)27(33)19-6-3-5-18(13-19)16-31-12-10-30-17-31/h3,5-6,8-10,12-14,17,22-23,25-26H,4,7,11,15-16H2,1-2H3/t22-,23-,25-,26+/m0/s1. The van der Waals surface area contributed by atoms with E-state index in [-0.39, 0.29) is 30.1 Å². The van der Waals surface area contributed by atoms with Crippen LogP contribution in [-0.4, -0.2) is 44.6 Å². The molecule has 0 spiro atoms. The maximum Gasteiger partial charge on any atom is 0.254 e. The second-order valence-electron chi connectivity index (χ2n) is 10.5. The van der Waals surface area contributed by atoms with Crippen molar-refractivity contribution in [2.45, 2.75) is 63.5 Å². The molecule has 182 valence electrons. The van der Waals surface area contributed by atoms with E-state index in [9.17, 15) is 4.79 Å². The Morgan fingerprint density at radius 1 is 1.23 bits per heavy atom. The Morgan fingerprint density at radius 2 is 2.11 bits per heavy atom. The fraction of sp³-hybridized carbons (Fsp3) is 0.429. The number of rotatable bonds is 3. The lowest BCUT2D eigenvalue weighted by Crippen LogP contribution is -2.60.